The van der Waals surface area contributed by atoms with Gasteiger partial charge in [0.1, 0.15) is 16.6 Å². The molecule has 2 N–H and O–H groups in total. The summed E-state index contributed by atoms with van der Waals surface area (Å²) in [7, 11) is 0. The summed E-state index contributed by atoms with van der Waals surface area (Å²) in [6.07, 6.45) is 1.89. The second kappa shape index (κ2) is 9.31. The average molecular weight is 510 g/mol. The maximum Gasteiger partial charge on any atom is 0.263 e. The fraction of sp³-hybridized carbons (Fsp3) is 0.360. The molecule has 1 fully saturated rings. The molecule has 35 heavy (non-hydrogen) atoms. The first-order valence-corrected chi connectivity index (χ1v) is 12.9. The Bertz CT molecular complexity index is 1440. The van der Waals surface area contributed by atoms with Crippen LogP contribution in [0.15, 0.2) is 30.3 Å². The monoisotopic (exact) mass is 509 g/mol. The van der Waals surface area contributed by atoms with Gasteiger partial charge in [-0.25, -0.2) is 15.0 Å². The van der Waals surface area contributed by atoms with E-state index >= 15 is 0 Å². The summed E-state index contributed by atoms with van der Waals surface area (Å²) in [5.74, 6) is 0.492. The van der Waals surface area contributed by atoms with Gasteiger partial charge in [-0.1, -0.05) is 11.6 Å². The fourth-order valence-corrected chi connectivity index (χ4v) is 5.86. The molecule has 2 aliphatic rings. The molecule has 0 bridgehead atoms. The van der Waals surface area contributed by atoms with E-state index in [1.807, 2.05) is 31.2 Å². The number of anilines is 1. The van der Waals surface area contributed by atoms with Crippen LogP contribution in [0.5, 0.6) is 0 Å². The van der Waals surface area contributed by atoms with Crippen LogP contribution in [0.2, 0.25) is 5.15 Å². The van der Waals surface area contributed by atoms with Crippen molar-refractivity contribution >= 4 is 55.5 Å². The molecule has 0 unspecified atom stereocenters. The third-order valence-corrected chi connectivity index (χ3v) is 7.66. The van der Waals surface area contributed by atoms with E-state index in [1.165, 1.54) is 11.3 Å². The largest absolute Gasteiger partial charge is 0.381 e. The summed E-state index contributed by atoms with van der Waals surface area (Å²) in [5, 5.41) is 8.86. The number of amides is 1. The lowest BCUT2D eigenvalue weighted by molar-refractivity contribution is -0.0408. The Morgan fingerprint density at radius 3 is 2.86 bits per heavy atom. The van der Waals surface area contributed by atoms with E-state index in [9.17, 15) is 4.79 Å². The average Bonchev–Trinajstić information content (AvgIpc) is 3.19. The second-order valence-electron chi connectivity index (χ2n) is 8.88. The number of pyridine rings is 1. The molecular weight excluding hydrogens is 486 g/mol. The standard InChI is InChI=1S/C25H24ClN5O3S/c1-13-11-27-23-22-15-2-3-17(29-16(15)4-5-19(22)35-24(23)25(32)28-13)18-10-20(26)31-21(30-18)12-34-14-6-8-33-9-7-14/h2-5,10,13-14,27H,6-9,11-12H2,1H3,(H,28,32)/t13-/m1/s1. The minimum absolute atomic E-state index is 0.0393. The summed E-state index contributed by atoms with van der Waals surface area (Å²) < 4.78 is 12.4. The lowest BCUT2D eigenvalue weighted by Gasteiger charge is -2.22. The number of fused-ring (bicyclic) bond motifs is 5. The molecule has 0 aliphatic carbocycles. The van der Waals surface area contributed by atoms with Gasteiger partial charge in [0.25, 0.3) is 5.91 Å². The molecular formula is C25H24ClN5O3S. The number of carbonyl (C=O) groups is 1. The highest BCUT2D eigenvalue weighted by atomic mass is 35.5. The number of thiophene rings is 1. The molecule has 1 saturated heterocycles. The van der Waals surface area contributed by atoms with E-state index in [1.54, 1.807) is 6.07 Å². The van der Waals surface area contributed by atoms with Crippen molar-refractivity contribution in [1.29, 1.82) is 0 Å². The topological polar surface area (TPSA) is 98.3 Å². The van der Waals surface area contributed by atoms with Gasteiger partial charge in [0.2, 0.25) is 0 Å². The van der Waals surface area contributed by atoms with Gasteiger partial charge in [-0.2, -0.15) is 0 Å². The molecule has 1 atom stereocenters. The van der Waals surface area contributed by atoms with Crippen molar-refractivity contribution in [2.75, 3.05) is 25.1 Å². The van der Waals surface area contributed by atoms with E-state index in [-0.39, 0.29) is 18.1 Å². The Morgan fingerprint density at radius 1 is 1.14 bits per heavy atom. The fourth-order valence-electron chi connectivity index (χ4n) is 4.56. The van der Waals surface area contributed by atoms with Crippen molar-refractivity contribution in [1.82, 2.24) is 20.3 Å². The first kappa shape index (κ1) is 22.6. The van der Waals surface area contributed by atoms with Crippen LogP contribution in [0.1, 0.15) is 35.3 Å². The van der Waals surface area contributed by atoms with Gasteiger partial charge in [0, 0.05) is 47.3 Å². The van der Waals surface area contributed by atoms with Gasteiger partial charge in [0.15, 0.2) is 5.82 Å². The van der Waals surface area contributed by atoms with Crippen LogP contribution in [-0.2, 0) is 16.1 Å². The van der Waals surface area contributed by atoms with Gasteiger partial charge >= 0.3 is 0 Å². The Hall–Kier alpha value is -2.85. The van der Waals surface area contributed by atoms with Crippen molar-refractivity contribution in [3.05, 3.63) is 46.2 Å². The van der Waals surface area contributed by atoms with Crippen molar-refractivity contribution in [3.63, 3.8) is 0 Å². The van der Waals surface area contributed by atoms with Crippen LogP contribution >= 0.6 is 22.9 Å². The summed E-state index contributed by atoms with van der Waals surface area (Å²) in [5.41, 5.74) is 3.05. The van der Waals surface area contributed by atoms with E-state index in [4.69, 9.17) is 26.1 Å². The smallest absolute Gasteiger partial charge is 0.263 e. The zero-order valence-electron chi connectivity index (χ0n) is 19.1. The molecule has 2 aliphatic heterocycles. The SMILES string of the molecule is C[C@@H]1CNc2c(sc3ccc4nc(-c5cc(Cl)nc(COC6CCOCC6)n5)ccc4c23)C(=O)N1. The zero-order chi connectivity index (χ0) is 23.9. The molecule has 1 amide bonds. The molecule has 6 rings (SSSR count). The molecule has 180 valence electrons. The molecule has 0 saturated carbocycles. The van der Waals surface area contributed by atoms with Gasteiger partial charge in [-0.3, -0.25) is 4.79 Å². The molecule has 4 aromatic rings. The number of benzene rings is 1. The number of carbonyl (C=O) groups excluding carboxylic acids is 1. The molecule has 3 aromatic heterocycles. The van der Waals surface area contributed by atoms with Crippen LogP contribution in [0.3, 0.4) is 0 Å². The number of hydrogen-bond donors (Lipinski definition) is 2. The summed E-state index contributed by atoms with van der Waals surface area (Å²) >= 11 is 7.82. The quantitative estimate of drug-likeness (QED) is 0.381. The minimum atomic E-state index is -0.0393. The lowest BCUT2D eigenvalue weighted by Crippen LogP contribution is -2.34. The van der Waals surface area contributed by atoms with Gasteiger partial charge in [-0.15, -0.1) is 11.3 Å². The highest BCUT2D eigenvalue weighted by molar-refractivity contribution is 7.21. The second-order valence-corrected chi connectivity index (χ2v) is 10.3. The predicted molar refractivity (Wildman–Crippen MR) is 137 cm³/mol. The lowest BCUT2D eigenvalue weighted by atomic mass is 10.1. The molecule has 10 heteroatoms. The van der Waals surface area contributed by atoms with Crippen LogP contribution in [0.4, 0.5) is 5.69 Å². The minimum Gasteiger partial charge on any atom is -0.381 e. The Kier molecular flexibility index (Phi) is 6.01. The maximum atomic E-state index is 12.7. The highest BCUT2D eigenvalue weighted by Gasteiger charge is 2.25. The Morgan fingerprint density at radius 2 is 2.00 bits per heavy atom. The normalized spacial score (nSPS) is 18.8. The van der Waals surface area contributed by atoms with Crippen LogP contribution in [0.25, 0.3) is 32.4 Å². The Labute approximate surface area is 211 Å². The van der Waals surface area contributed by atoms with Gasteiger partial charge < -0.3 is 20.1 Å². The van der Waals surface area contributed by atoms with Gasteiger partial charge in [-0.05, 0) is 44.0 Å². The predicted octanol–water partition coefficient (Wildman–Crippen LogP) is 4.80. The van der Waals surface area contributed by atoms with E-state index in [2.05, 4.69) is 20.6 Å². The third kappa shape index (κ3) is 4.45. The summed E-state index contributed by atoms with van der Waals surface area (Å²) in [6, 6.07) is 9.75. The van der Waals surface area contributed by atoms with E-state index in [0.717, 1.165) is 39.5 Å². The summed E-state index contributed by atoms with van der Waals surface area (Å²) in [4.78, 5) is 27.3. The number of nitrogens with zero attached hydrogens (tertiary/aromatic N) is 3. The number of nitrogens with one attached hydrogen (secondary N) is 2. The number of aromatic nitrogens is 3. The first-order valence-electron chi connectivity index (χ1n) is 11.7. The maximum absolute atomic E-state index is 12.7. The van der Waals surface area contributed by atoms with E-state index < -0.39 is 0 Å². The zero-order valence-corrected chi connectivity index (χ0v) is 20.7. The summed E-state index contributed by atoms with van der Waals surface area (Å²) in [6.45, 7) is 4.38. The number of halogens is 1. The molecule has 5 heterocycles. The molecule has 8 nitrogen and oxygen atoms in total. The van der Waals surface area contributed by atoms with Crippen LogP contribution in [-0.4, -0.2) is 52.8 Å². The van der Waals surface area contributed by atoms with Crippen LogP contribution < -0.4 is 10.6 Å². The van der Waals surface area contributed by atoms with Crippen molar-refractivity contribution < 1.29 is 14.3 Å². The third-order valence-electron chi connectivity index (χ3n) is 6.31. The van der Waals surface area contributed by atoms with Gasteiger partial charge in [0.05, 0.1) is 28.7 Å². The van der Waals surface area contributed by atoms with E-state index in [0.29, 0.717) is 53.6 Å². The molecule has 1 aromatic carbocycles. The molecule has 0 spiro atoms. The highest BCUT2D eigenvalue weighted by Crippen LogP contribution is 2.41. The molecule has 0 radical (unpaired) electrons. The van der Waals surface area contributed by atoms with Crippen LogP contribution in [0, 0.1) is 0 Å². The number of rotatable bonds is 4. The van der Waals surface area contributed by atoms with Crippen molar-refractivity contribution in [3.8, 4) is 11.4 Å². The van der Waals surface area contributed by atoms with Crippen molar-refractivity contribution in [2.45, 2.75) is 38.5 Å². The van der Waals surface area contributed by atoms with Crippen molar-refractivity contribution in [2.24, 2.45) is 0 Å². The Balaban J connectivity index is 1.35. The first-order chi connectivity index (χ1) is 17.0. The number of ether oxygens (including phenoxy) is 2. The number of hydrogen-bond acceptors (Lipinski definition) is 8.